The normalized spacial score (nSPS) is 14.3. The van der Waals surface area contributed by atoms with Crippen molar-refractivity contribution in [2.24, 2.45) is 0 Å². The van der Waals surface area contributed by atoms with Gasteiger partial charge < -0.3 is 15.0 Å². The summed E-state index contributed by atoms with van der Waals surface area (Å²) < 4.78 is 4.69. The molecule has 0 aliphatic carbocycles. The van der Waals surface area contributed by atoms with Crippen LogP contribution in [0.25, 0.3) is 0 Å². The average molecular weight is 346 g/mol. The van der Waals surface area contributed by atoms with Crippen LogP contribution in [0, 0.1) is 0 Å². The molecule has 24 heavy (non-hydrogen) atoms. The van der Waals surface area contributed by atoms with Gasteiger partial charge in [0.25, 0.3) is 5.91 Å². The molecule has 1 fully saturated rings. The smallest absolute Gasteiger partial charge is 0.340 e. The fourth-order valence-corrected chi connectivity index (χ4v) is 3.35. The lowest BCUT2D eigenvalue weighted by molar-refractivity contribution is 0.0602. The van der Waals surface area contributed by atoms with Gasteiger partial charge in [0.15, 0.2) is 11.5 Å². The van der Waals surface area contributed by atoms with E-state index in [-0.39, 0.29) is 5.69 Å². The second-order valence-electron chi connectivity index (χ2n) is 5.43. The number of ether oxygens (including phenoxy) is 1. The van der Waals surface area contributed by atoms with Gasteiger partial charge in [0.2, 0.25) is 0 Å². The number of carbonyl (C=O) groups is 2. The Hall–Kier alpha value is -2.48. The highest BCUT2D eigenvalue weighted by molar-refractivity contribution is 7.14. The van der Waals surface area contributed by atoms with Gasteiger partial charge in [-0.15, -0.1) is 21.5 Å². The fourth-order valence-electron chi connectivity index (χ4n) is 2.58. The third kappa shape index (κ3) is 3.53. The number of carbonyl (C=O) groups excluding carboxylic acids is 2. The number of thiophene rings is 1. The first-order chi connectivity index (χ1) is 11.7. The number of piperidine rings is 1. The molecule has 3 heterocycles. The van der Waals surface area contributed by atoms with E-state index in [1.807, 2.05) is 6.07 Å². The molecule has 1 saturated heterocycles. The Bertz CT molecular complexity index is 723. The van der Waals surface area contributed by atoms with Gasteiger partial charge in [-0.3, -0.25) is 4.79 Å². The van der Waals surface area contributed by atoms with Crippen LogP contribution in [0.5, 0.6) is 0 Å². The van der Waals surface area contributed by atoms with Crippen molar-refractivity contribution in [2.45, 2.75) is 19.3 Å². The molecular weight excluding hydrogens is 328 g/mol. The summed E-state index contributed by atoms with van der Waals surface area (Å²) in [5.41, 5.74) is 0.536. The summed E-state index contributed by atoms with van der Waals surface area (Å²) in [7, 11) is 1.30. The van der Waals surface area contributed by atoms with Gasteiger partial charge >= 0.3 is 5.97 Å². The van der Waals surface area contributed by atoms with Crippen molar-refractivity contribution in [3.63, 3.8) is 0 Å². The Labute approximate surface area is 143 Å². The van der Waals surface area contributed by atoms with Crippen molar-refractivity contribution in [1.29, 1.82) is 0 Å². The maximum absolute atomic E-state index is 12.3. The number of amides is 1. The van der Waals surface area contributed by atoms with Crippen LogP contribution in [-0.2, 0) is 4.74 Å². The summed E-state index contributed by atoms with van der Waals surface area (Å²) in [5.74, 6) is -0.101. The molecule has 0 unspecified atom stereocenters. The molecule has 2 aromatic rings. The van der Waals surface area contributed by atoms with E-state index >= 15 is 0 Å². The molecule has 0 spiro atoms. The maximum Gasteiger partial charge on any atom is 0.340 e. The van der Waals surface area contributed by atoms with Gasteiger partial charge in [0.1, 0.15) is 5.00 Å². The van der Waals surface area contributed by atoms with Crippen molar-refractivity contribution < 1.29 is 14.3 Å². The van der Waals surface area contributed by atoms with Crippen LogP contribution in [0.4, 0.5) is 10.8 Å². The highest BCUT2D eigenvalue weighted by Gasteiger charge is 2.18. The molecule has 0 radical (unpaired) electrons. The van der Waals surface area contributed by atoms with Crippen LogP contribution in [-0.4, -0.2) is 42.3 Å². The Morgan fingerprint density at radius 2 is 1.96 bits per heavy atom. The molecule has 8 heteroatoms. The van der Waals surface area contributed by atoms with Crippen LogP contribution in [0.2, 0.25) is 0 Å². The lowest BCUT2D eigenvalue weighted by Gasteiger charge is -2.27. The van der Waals surface area contributed by atoms with E-state index < -0.39 is 11.9 Å². The van der Waals surface area contributed by atoms with Crippen molar-refractivity contribution in [3.8, 4) is 0 Å². The van der Waals surface area contributed by atoms with Gasteiger partial charge in [0, 0.05) is 13.1 Å². The summed E-state index contributed by atoms with van der Waals surface area (Å²) >= 11 is 1.25. The lowest BCUT2D eigenvalue weighted by atomic mass is 10.1. The summed E-state index contributed by atoms with van der Waals surface area (Å²) in [5, 5.41) is 13.0. The third-order valence-corrected chi connectivity index (χ3v) is 4.69. The number of anilines is 2. The van der Waals surface area contributed by atoms with Crippen LogP contribution in [0.15, 0.2) is 23.6 Å². The van der Waals surface area contributed by atoms with E-state index in [0.29, 0.717) is 10.6 Å². The van der Waals surface area contributed by atoms with Gasteiger partial charge in [0.05, 0.1) is 12.7 Å². The molecular formula is C16H18N4O3S. The van der Waals surface area contributed by atoms with Crippen LogP contribution in [0.1, 0.15) is 40.1 Å². The summed E-state index contributed by atoms with van der Waals surface area (Å²) in [6.07, 6.45) is 3.55. The first-order valence-corrected chi connectivity index (χ1v) is 8.63. The maximum atomic E-state index is 12.3. The fraction of sp³-hybridized carbons (Fsp3) is 0.375. The average Bonchev–Trinajstić information content (AvgIpc) is 3.10. The second kappa shape index (κ2) is 7.39. The van der Waals surface area contributed by atoms with Crippen LogP contribution in [0.3, 0.4) is 0 Å². The largest absolute Gasteiger partial charge is 0.465 e. The molecule has 0 bridgehead atoms. The Balaban J connectivity index is 1.69. The highest BCUT2D eigenvalue weighted by Crippen LogP contribution is 2.24. The van der Waals surface area contributed by atoms with Gasteiger partial charge in [-0.25, -0.2) is 4.79 Å². The quantitative estimate of drug-likeness (QED) is 0.857. The minimum atomic E-state index is -0.488. The monoisotopic (exact) mass is 346 g/mol. The van der Waals surface area contributed by atoms with Crippen molar-refractivity contribution in [3.05, 3.63) is 34.8 Å². The molecule has 7 nitrogen and oxygen atoms in total. The van der Waals surface area contributed by atoms with E-state index in [2.05, 4.69) is 25.2 Å². The van der Waals surface area contributed by atoms with Crippen molar-refractivity contribution in [2.75, 3.05) is 30.4 Å². The number of nitrogens with one attached hydrogen (secondary N) is 1. The summed E-state index contributed by atoms with van der Waals surface area (Å²) in [6.45, 7) is 1.94. The van der Waals surface area contributed by atoms with Crippen molar-refractivity contribution in [1.82, 2.24) is 10.2 Å². The van der Waals surface area contributed by atoms with Gasteiger partial charge in [-0.05, 0) is 42.8 Å². The Kier molecular flexibility index (Phi) is 5.05. The minimum Gasteiger partial charge on any atom is -0.465 e. The third-order valence-electron chi connectivity index (χ3n) is 3.86. The molecule has 1 aliphatic rings. The predicted octanol–water partition coefficient (Wildman–Crippen LogP) is 2.57. The number of methoxy groups -OCH3 is 1. The zero-order chi connectivity index (χ0) is 16.9. The van der Waals surface area contributed by atoms with Crippen LogP contribution >= 0.6 is 11.3 Å². The van der Waals surface area contributed by atoms with E-state index in [1.54, 1.807) is 17.5 Å². The first kappa shape index (κ1) is 16.4. The highest BCUT2D eigenvalue weighted by atomic mass is 32.1. The van der Waals surface area contributed by atoms with E-state index in [0.717, 1.165) is 31.7 Å². The van der Waals surface area contributed by atoms with E-state index in [9.17, 15) is 9.59 Å². The number of rotatable bonds is 4. The zero-order valence-corrected chi connectivity index (χ0v) is 14.1. The number of nitrogens with zero attached hydrogens (tertiary/aromatic N) is 3. The van der Waals surface area contributed by atoms with Gasteiger partial charge in [-0.2, -0.15) is 0 Å². The Morgan fingerprint density at radius 3 is 2.62 bits per heavy atom. The molecule has 1 N–H and O–H groups in total. The molecule has 0 saturated carbocycles. The summed E-state index contributed by atoms with van der Waals surface area (Å²) in [4.78, 5) is 26.1. The minimum absolute atomic E-state index is 0.208. The van der Waals surface area contributed by atoms with Crippen molar-refractivity contribution >= 4 is 34.0 Å². The lowest BCUT2D eigenvalue weighted by Crippen LogP contribution is -2.30. The van der Waals surface area contributed by atoms with E-state index in [4.69, 9.17) is 0 Å². The molecule has 2 aromatic heterocycles. The summed E-state index contributed by atoms with van der Waals surface area (Å²) in [6, 6.07) is 5.07. The van der Waals surface area contributed by atoms with E-state index in [1.165, 1.54) is 24.9 Å². The second-order valence-corrected chi connectivity index (χ2v) is 6.35. The zero-order valence-electron chi connectivity index (χ0n) is 13.3. The van der Waals surface area contributed by atoms with Crippen LogP contribution < -0.4 is 10.2 Å². The predicted molar refractivity (Wildman–Crippen MR) is 91.7 cm³/mol. The molecule has 1 amide bonds. The topological polar surface area (TPSA) is 84.4 Å². The molecule has 126 valence electrons. The SMILES string of the molecule is COC(=O)c1ccsc1NC(=O)c1ccc(N2CCCCC2)nn1. The molecule has 0 aromatic carbocycles. The number of aromatic nitrogens is 2. The first-order valence-electron chi connectivity index (χ1n) is 7.75. The number of esters is 1. The molecule has 1 aliphatic heterocycles. The molecule has 3 rings (SSSR count). The van der Waals surface area contributed by atoms with Gasteiger partial charge in [-0.1, -0.05) is 0 Å². The standard InChI is InChI=1S/C16H18N4O3S/c1-23-16(22)11-7-10-24-15(11)17-14(21)12-5-6-13(19-18-12)20-8-3-2-4-9-20/h5-7,10H,2-4,8-9H2,1H3,(H,17,21). The Morgan fingerprint density at radius 1 is 1.17 bits per heavy atom. The molecule has 0 atom stereocenters. The number of hydrogen-bond acceptors (Lipinski definition) is 7. The number of hydrogen-bond donors (Lipinski definition) is 1.